The fraction of sp³-hybridized carbons (Fsp3) is 0.913. The first-order chi connectivity index (χ1) is 11.0. The number of hydrogen-bond donors (Lipinski definition) is 0. The summed E-state index contributed by atoms with van der Waals surface area (Å²) in [7, 11) is 0. The van der Waals surface area contributed by atoms with Gasteiger partial charge in [0.05, 0.1) is 0 Å². The average Bonchev–Trinajstić information content (AvgIpc) is 2.56. The van der Waals surface area contributed by atoms with E-state index < -0.39 is 0 Å². The molecule has 23 heavy (non-hydrogen) atoms. The quantitative estimate of drug-likeness (QED) is 0.460. The third-order valence-electron chi connectivity index (χ3n) is 6.43. The molecular formula is C23H46. The highest BCUT2D eigenvalue weighted by Crippen LogP contribution is 2.54. The molecule has 0 bridgehead atoms. The summed E-state index contributed by atoms with van der Waals surface area (Å²) in [5, 5.41) is 0. The molecular weight excluding hydrogens is 276 g/mol. The van der Waals surface area contributed by atoms with Gasteiger partial charge in [-0.2, -0.15) is 0 Å². The molecule has 6 unspecified atom stereocenters. The van der Waals surface area contributed by atoms with E-state index in [0.29, 0.717) is 0 Å². The number of rotatable bonds is 4. The van der Waals surface area contributed by atoms with Gasteiger partial charge in [0.15, 0.2) is 0 Å². The Morgan fingerprint density at radius 1 is 1.00 bits per heavy atom. The normalized spacial score (nSPS) is 34.2. The molecule has 0 nitrogen and oxygen atoms in total. The van der Waals surface area contributed by atoms with Crippen molar-refractivity contribution >= 4 is 0 Å². The van der Waals surface area contributed by atoms with Gasteiger partial charge in [0.1, 0.15) is 0 Å². The highest BCUT2D eigenvalue weighted by atomic mass is 14.5. The summed E-state index contributed by atoms with van der Waals surface area (Å²) in [6.07, 6.45) is 8.20. The van der Waals surface area contributed by atoms with Crippen LogP contribution in [0.3, 0.4) is 0 Å². The minimum atomic E-state index is 0.822. The molecule has 0 aromatic heterocycles. The van der Waals surface area contributed by atoms with Crippen molar-refractivity contribution in [3.05, 3.63) is 11.6 Å². The van der Waals surface area contributed by atoms with Gasteiger partial charge in [-0.15, -0.1) is 0 Å². The molecule has 0 N–H and O–H groups in total. The van der Waals surface area contributed by atoms with Gasteiger partial charge >= 0.3 is 0 Å². The van der Waals surface area contributed by atoms with Crippen LogP contribution in [0.25, 0.3) is 0 Å². The van der Waals surface area contributed by atoms with Gasteiger partial charge in [-0.3, -0.25) is 0 Å². The fourth-order valence-corrected chi connectivity index (χ4v) is 4.87. The van der Waals surface area contributed by atoms with E-state index in [1.165, 1.54) is 25.7 Å². The summed E-state index contributed by atoms with van der Waals surface area (Å²) < 4.78 is 0. The zero-order valence-electron chi connectivity index (χ0n) is 17.9. The lowest BCUT2D eigenvalue weighted by Gasteiger charge is -2.53. The summed E-state index contributed by atoms with van der Waals surface area (Å²) in [6, 6.07) is 0. The molecule has 1 saturated carbocycles. The number of hydrogen-bond acceptors (Lipinski definition) is 0. The van der Waals surface area contributed by atoms with Gasteiger partial charge in [0.25, 0.3) is 0 Å². The smallest absolute Gasteiger partial charge is 0.0228 e. The highest BCUT2D eigenvalue weighted by Gasteiger charge is 2.46. The van der Waals surface area contributed by atoms with Crippen molar-refractivity contribution in [3.63, 3.8) is 0 Å². The molecule has 0 aliphatic heterocycles. The van der Waals surface area contributed by atoms with E-state index in [1.54, 1.807) is 5.57 Å². The van der Waals surface area contributed by atoms with Gasteiger partial charge in [0, 0.05) is 0 Å². The topological polar surface area (TPSA) is 0 Å². The molecule has 0 saturated heterocycles. The van der Waals surface area contributed by atoms with Crippen LogP contribution in [-0.4, -0.2) is 0 Å². The van der Waals surface area contributed by atoms with Gasteiger partial charge in [0.2, 0.25) is 0 Å². The van der Waals surface area contributed by atoms with Gasteiger partial charge in [-0.25, -0.2) is 0 Å². The lowest BCUT2D eigenvalue weighted by Crippen LogP contribution is -2.46. The van der Waals surface area contributed by atoms with Crippen LogP contribution >= 0.6 is 0 Å². The third kappa shape index (κ3) is 5.64. The van der Waals surface area contributed by atoms with E-state index in [9.17, 15) is 0 Å². The van der Waals surface area contributed by atoms with Crippen LogP contribution in [0, 0.1) is 41.4 Å². The monoisotopic (exact) mass is 322 g/mol. The summed E-state index contributed by atoms with van der Waals surface area (Å²) in [4.78, 5) is 0. The maximum atomic E-state index is 2.61. The molecule has 6 atom stereocenters. The summed E-state index contributed by atoms with van der Waals surface area (Å²) in [5.74, 6) is 6.50. The van der Waals surface area contributed by atoms with E-state index in [-0.39, 0.29) is 0 Å². The van der Waals surface area contributed by atoms with Crippen LogP contribution in [0.1, 0.15) is 94.9 Å². The van der Waals surface area contributed by atoms with E-state index in [1.807, 2.05) is 27.7 Å². The minimum absolute atomic E-state index is 0.822. The van der Waals surface area contributed by atoms with Crippen molar-refractivity contribution < 1.29 is 0 Å². The second-order valence-corrected chi connectivity index (χ2v) is 7.80. The van der Waals surface area contributed by atoms with Gasteiger partial charge < -0.3 is 0 Å². The van der Waals surface area contributed by atoms with E-state index in [4.69, 9.17) is 0 Å². The van der Waals surface area contributed by atoms with Crippen molar-refractivity contribution in [2.45, 2.75) is 94.9 Å². The largest absolute Gasteiger partial charge is 0.0822 e. The Bertz CT molecular complexity index is 325. The Morgan fingerprint density at radius 2 is 1.57 bits per heavy atom. The minimum Gasteiger partial charge on any atom is -0.0822 e. The highest BCUT2D eigenvalue weighted by molar-refractivity contribution is 5.11. The van der Waals surface area contributed by atoms with E-state index in [2.05, 4.69) is 47.6 Å². The Morgan fingerprint density at radius 3 is 1.96 bits per heavy atom. The lowest BCUT2D eigenvalue weighted by atomic mass is 9.52. The molecule has 0 heteroatoms. The zero-order chi connectivity index (χ0) is 18.2. The molecule has 0 aromatic carbocycles. The van der Waals surface area contributed by atoms with Crippen molar-refractivity contribution in [1.29, 1.82) is 0 Å². The molecule has 2 aliphatic carbocycles. The van der Waals surface area contributed by atoms with Crippen LogP contribution in [0.15, 0.2) is 11.6 Å². The fourth-order valence-electron chi connectivity index (χ4n) is 4.87. The predicted molar refractivity (Wildman–Crippen MR) is 108 cm³/mol. The Hall–Kier alpha value is -0.260. The zero-order valence-corrected chi connectivity index (χ0v) is 17.9. The molecule has 2 rings (SSSR count). The standard InChI is InChI=1S/C19H34.2C2H6/c1-7-16-8-9-17(13(4)10-16)18-11-14(5)19(18)15(6)12(2)3;2*1-2/h10,12-15,17-19H,7-9,11H2,1-6H3;2*1-2H3. The van der Waals surface area contributed by atoms with Crippen molar-refractivity contribution in [2.75, 3.05) is 0 Å². The van der Waals surface area contributed by atoms with Crippen LogP contribution in [0.5, 0.6) is 0 Å². The number of allylic oxidation sites excluding steroid dienone is 2. The first kappa shape index (κ1) is 22.7. The van der Waals surface area contributed by atoms with Crippen LogP contribution in [0.4, 0.5) is 0 Å². The molecule has 0 heterocycles. The maximum Gasteiger partial charge on any atom is -0.0228 e. The van der Waals surface area contributed by atoms with Crippen LogP contribution in [0.2, 0.25) is 0 Å². The SMILES string of the molecule is CC.CC.CCC1=CC(C)C(C2CC(C)C2C(C)C(C)C)CC1. The van der Waals surface area contributed by atoms with Crippen LogP contribution in [-0.2, 0) is 0 Å². The van der Waals surface area contributed by atoms with Crippen molar-refractivity contribution in [2.24, 2.45) is 41.4 Å². The molecule has 2 aliphatic rings. The lowest BCUT2D eigenvalue weighted by molar-refractivity contribution is -0.0340. The second-order valence-electron chi connectivity index (χ2n) is 7.80. The summed E-state index contributed by atoms with van der Waals surface area (Å²) in [5.41, 5.74) is 1.71. The van der Waals surface area contributed by atoms with Crippen molar-refractivity contribution in [3.8, 4) is 0 Å². The summed E-state index contributed by atoms with van der Waals surface area (Å²) >= 11 is 0. The molecule has 0 amide bonds. The van der Waals surface area contributed by atoms with Crippen LogP contribution < -0.4 is 0 Å². The molecule has 0 spiro atoms. The first-order valence-electron chi connectivity index (χ1n) is 10.6. The van der Waals surface area contributed by atoms with Crippen molar-refractivity contribution in [1.82, 2.24) is 0 Å². The molecule has 1 fully saturated rings. The Kier molecular flexibility index (Phi) is 11.2. The molecule has 0 radical (unpaired) electrons. The maximum absolute atomic E-state index is 2.61. The van der Waals surface area contributed by atoms with Gasteiger partial charge in [-0.1, -0.05) is 80.9 Å². The Labute approximate surface area is 148 Å². The molecule has 0 aromatic rings. The predicted octanol–water partition coefficient (Wildman–Crippen LogP) is 7.99. The van der Waals surface area contributed by atoms with E-state index in [0.717, 1.165) is 41.4 Å². The third-order valence-corrected chi connectivity index (χ3v) is 6.43. The summed E-state index contributed by atoms with van der Waals surface area (Å²) in [6.45, 7) is 22.6. The van der Waals surface area contributed by atoms with Gasteiger partial charge in [-0.05, 0) is 67.1 Å². The average molecular weight is 323 g/mol. The van der Waals surface area contributed by atoms with E-state index >= 15 is 0 Å². The second kappa shape index (κ2) is 11.3. The molecule has 138 valence electrons. The first-order valence-corrected chi connectivity index (χ1v) is 10.6. The Balaban J connectivity index is 0.00000112.